The van der Waals surface area contributed by atoms with E-state index in [1.807, 2.05) is 0 Å². The summed E-state index contributed by atoms with van der Waals surface area (Å²) in [7, 11) is 0. The second-order valence-electron chi connectivity index (χ2n) is 5.36. The molecule has 0 aliphatic rings. The van der Waals surface area contributed by atoms with Crippen molar-refractivity contribution in [3.63, 3.8) is 0 Å². The van der Waals surface area contributed by atoms with E-state index in [1.165, 1.54) is 0 Å². The average molecular weight is 401 g/mol. The Labute approximate surface area is 151 Å². The summed E-state index contributed by atoms with van der Waals surface area (Å²) in [5.41, 5.74) is -4.13. The van der Waals surface area contributed by atoms with E-state index in [2.05, 4.69) is 14.7 Å². The quantitative estimate of drug-likeness (QED) is 0.262. The molecule has 2 aromatic carbocycles. The van der Waals surface area contributed by atoms with Gasteiger partial charge in [0.05, 0.1) is 10.5 Å². The smallest absolute Gasteiger partial charge is 0.420 e. The van der Waals surface area contributed by atoms with Crippen LogP contribution in [0.3, 0.4) is 0 Å². The number of halogens is 4. The molecule has 3 rings (SSSR count). The minimum atomic E-state index is -5.24. The van der Waals surface area contributed by atoms with Crippen molar-refractivity contribution < 1.29 is 42.3 Å². The number of aromatic hydroxyl groups is 3. The predicted molar refractivity (Wildman–Crippen MR) is 81.8 cm³/mol. The fourth-order valence-electron chi connectivity index (χ4n) is 2.34. The number of nitrogens with zero attached hydrogens (tertiary/aromatic N) is 3. The van der Waals surface area contributed by atoms with Crippen molar-refractivity contribution >= 4 is 5.69 Å². The largest absolute Gasteiger partial charge is 0.505 e. The van der Waals surface area contributed by atoms with Gasteiger partial charge in [0, 0.05) is 11.6 Å². The van der Waals surface area contributed by atoms with Crippen LogP contribution in [0.5, 0.6) is 17.2 Å². The van der Waals surface area contributed by atoms with Gasteiger partial charge < -0.3 is 19.8 Å². The third-order valence-corrected chi connectivity index (χ3v) is 3.60. The lowest BCUT2D eigenvalue weighted by molar-refractivity contribution is -0.385. The van der Waals surface area contributed by atoms with Gasteiger partial charge in [0.1, 0.15) is 5.56 Å². The molecule has 0 saturated heterocycles. The van der Waals surface area contributed by atoms with E-state index < -0.39 is 56.9 Å². The number of nitro benzene ring substituents is 1. The molecule has 1 aromatic heterocycles. The summed E-state index contributed by atoms with van der Waals surface area (Å²) < 4.78 is 57.8. The van der Waals surface area contributed by atoms with Crippen molar-refractivity contribution in [3.05, 3.63) is 45.8 Å². The molecule has 9 nitrogen and oxygen atoms in total. The number of rotatable bonds is 3. The standard InChI is InChI=1S/C15H7F4N3O6/c16-7-2-1-5(3-9(7)23)13-20-14(28-21-13)6-4-8(22(26)27)11(24)12(25)10(6)15(17,18)19/h1-4,23-25H. The van der Waals surface area contributed by atoms with Gasteiger partial charge in [-0.2, -0.15) is 18.2 Å². The maximum atomic E-state index is 13.3. The van der Waals surface area contributed by atoms with Crippen molar-refractivity contribution in [2.45, 2.75) is 6.18 Å². The summed E-state index contributed by atoms with van der Waals surface area (Å²) in [6.45, 7) is 0. The molecule has 0 aliphatic carbocycles. The highest BCUT2D eigenvalue weighted by atomic mass is 19.4. The minimum Gasteiger partial charge on any atom is -0.505 e. The Hall–Kier alpha value is -3.90. The van der Waals surface area contributed by atoms with Crippen molar-refractivity contribution in [1.82, 2.24) is 10.1 Å². The Morgan fingerprint density at radius 2 is 1.79 bits per heavy atom. The molecule has 28 heavy (non-hydrogen) atoms. The van der Waals surface area contributed by atoms with Gasteiger partial charge in [-0.1, -0.05) is 5.16 Å². The summed E-state index contributed by atoms with van der Waals surface area (Å²) >= 11 is 0. The molecule has 0 saturated carbocycles. The van der Waals surface area contributed by atoms with E-state index in [4.69, 9.17) is 0 Å². The lowest BCUT2D eigenvalue weighted by Crippen LogP contribution is -2.09. The highest BCUT2D eigenvalue weighted by Gasteiger charge is 2.42. The van der Waals surface area contributed by atoms with E-state index in [0.29, 0.717) is 6.07 Å². The van der Waals surface area contributed by atoms with Gasteiger partial charge >= 0.3 is 11.9 Å². The first-order valence-corrected chi connectivity index (χ1v) is 7.14. The molecule has 0 amide bonds. The van der Waals surface area contributed by atoms with Crippen LogP contribution in [0.4, 0.5) is 23.2 Å². The summed E-state index contributed by atoms with van der Waals surface area (Å²) in [5, 5.41) is 42.8. The zero-order chi connectivity index (χ0) is 20.8. The second-order valence-corrected chi connectivity index (χ2v) is 5.36. The van der Waals surface area contributed by atoms with Crippen LogP contribution in [0, 0.1) is 15.9 Å². The topological polar surface area (TPSA) is 143 Å². The molecule has 3 N–H and O–H groups in total. The molecule has 0 atom stereocenters. The summed E-state index contributed by atoms with van der Waals surface area (Å²) in [6, 6.07) is 3.15. The molecule has 1 heterocycles. The summed E-state index contributed by atoms with van der Waals surface area (Å²) in [5.74, 6) is -6.35. The Bertz CT molecular complexity index is 1100. The van der Waals surface area contributed by atoms with Gasteiger partial charge in [-0.25, -0.2) is 4.39 Å². The van der Waals surface area contributed by atoms with Gasteiger partial charge in [0.25, 0.3) is 5.89 Å². The van der Waals surface area contributed by atoms with Crippen LogP contribution in [-0.4, -0.2) is 30.4 Å². The van der Waals surface area contributed by atoms with Crippen LogP contribution in [0.25, 0.3) is 22.8 Å². The lowest BCUT2D eigenvalue weighted by Gasteiger charge is -2.13. The van der Waals surface area contributed by atoms with Gasteiger partial charge in [-0.05, 0) is 18.2 Å². The monoisotopic (exact) mass is 401 g/mol. The molecule has 0 bridgehead atoms. The fraction of sp³-hybridized carbons (Fsp3) is 0.0667. The van der Waals surface area contributed by atoms with Crippen molar-refractivity contribution in [3.8, 4) is 40.1 Å². The lowest BCUT2D eigenvalue weighted by atomic mass is 10.0. The van der Waals surface area contributed by atoms with E-state index in [0.717, 1.165) is 18.2 Å². The number of phenolic OH excluding ortho intramolecular Hbond substituents is 3. The normalized spacial score (nSPS) is 11.6. The Balaban J connectivity index is 2.22. The number of benzene rings is 2. The van der Waals surface area contributed by atoms with Gasteiger partial charge in [-0.15, -0.1) is 0 Å². The number of hydrogen-bond acceptors (Lipinski definition) is 8. The molecule has 0 radical (unpaired) electrons. The third-order valence-electron chi connectivity index (χ3n) is 3.60. The Morgan fingerprint density at radius 1 is 1.11 bits per heavy atom. The predicted octanol–water partition coefficient (Wildman–Crippen LogP) is 3.59. The molecule has 0 aliphatic heterocycles. The fourth-order valence-corrected chi connectivity index (χ4v) is 2.34. The molecule has 13 heteroatoms. The number of aromatic nitrogens is 2. The minimum absolute atomic E-state index is 0.0278. The molecular weight excluding hydrogens is 394 g/mol. The first-order chi connectivity index (χ1) is 13.0. The van der Waals surface area contributed by atoms with Gasteiger partial charge in [0.15, 0.2) is 17.3 Å². The first-order valence-electron chi connectivity index (χ1n) is 7.14. The first kappa shape index (κ1) is 18.9. The molecule has 146 valence electrons. The number of alkyl halides is 3. The van der Waals surface area contributed by atoms with Crippen LogP contribution in [0.2, 0.25) is 0 Å². The summed E-state index contributed by atoms with van der Waals surface area (Å²) in [6.07, 6.45) is -5.24. The number of nitro groups is 1. The van der Waals surface area contributed by atoms with Crippen LogP contribution in [0.1, 0.15) is 5.56 Å². The average Bonchev–Trinajstić information content (AvgIpc) is 3.08. The zero-order valence-electron chi connectivity index (χ0n) is 13.2. The zero-order valence-corrected chi connectivity index (χ0v) is 13.2. The van der Waals surface area contributed by atoms with Crippen LogP contribution in [0.15, 0.2) is 28.8 Å². The Kier molecular flexibility index (Phi) is 4.29. The third kappa shape index (κ3) is 3.13. The van der Waals surface area contributed by atoms with E-state index >= 15 is 0 Å². The highest BCUT2D eigenvalue weighted by molar-refractivity contribution is 5.74. The maximum absolute atomic E-state index is 13.3. The SMILES string of the molecule is O=[N+]([O-])c1cc(-c2nc(-c3ccc(F)c(O)c3)no2)c(C(F)(F)F)c(O)c1O. The molecule has 3 aromatic rings. The molecule has 0 spiro atoms. The summed E-state index contributed by atoms with van der Waals surface area (Å²) in [4.78, 5) is 13.4. The molecule has 0 fully saturated rings. The van der Waals surface area contributed by atoms with Gasteiger partial charge in [0.2, 0.25) is 11.6 Å². The van der Waals surface area contributed by atoms with E-state index in [1.54, 1.807) is 0 Å². The van der Waals surface area contributed by atoms with Crippen LogP contribution in [-0.2, 0) is 6.18 Å². The molecule has 0 unspecified atom stereocenters. The van der Waals surface area contributed by atoms with E-state index in [9.17, 15) is 43.0 Å². The van der Waals surface area contributed by atoms with Crippen molar-refractivity contribution in [2.75, 3.05) is 0 Å². The maximum Gasteiger partial charge on any atom is 0.420 e. The number of phenols is 3. The van der Waals surface area contributed by atoms with Crippen molar-refractivity contribution in [1.29, 1.82) is 0 Å². The second kappa shape index (κ2) is 6.37. The Morgan fingerprint density at radius 3 is 2.36 bits per heavy atom. The highest BCUT2D eigenvalue weighted by Crippen LogP contribution is 2.50. The molecular formula is C15H7F4N3O6. The van der Waals surface area contributed by atoms with Gasteiger partial charge in [-0.3, -0.25) is 10.1 Å². The number of hydrogen-bond donors (Lipinski definition) is 3. The van der Waals surface area contributed by atoms with Crippen LogP contribution >= 0.6 is 0 Å². The van der Waals surface area contributed by atoms with E-state index in [-0.39, 0.29) is 11.4 Å². The van der Waals surface area contributed by atoms with Crippen molar-refractivity contribution in [2.24, 2.45) is 0 Å². The van der Waals surface area contributed by atoms with Crippen LogP contribution < -0.4 is 0 Å².